The van der Waals surface area contributed by atoms with E-state index in [1.54, 1.807) is 75.9 Å². The molecule has 0 radical (unpaired) electrons. The second-order valence-corrected chi connectivity index (χ2v) is 32.1. The summed E-state index contributed by atoms with van der Waals surface area (Å²) in [5.74, 6) is -8.47. The Labute approximate surface area is 926 Å². The van der Waals surface area contributed by atoms with Gasteiger partial charge in [-0.25, -0.2) is 20.9 Å². The van der Waals surface area contributed by atoms with E-state index in [0.29, 0.717) is 37.1 Å². The smallest absolute Gasteiger partial charge is 0.839 e. The fraction of sp³-hybridized carbons (Fsp3) is 0.417. The molecule has 135 heavy (non-hydrogen) atoms. The van der Waals surface area contributed by atoms with Gasteiger partial charge in [0.15, 0.2) is 0 Å². The van der Waals surface area contributed by atoms with Crippen molar-refractivity contribution in [3.8, 4) is 44.5 Å². The number of carboxylic acid groups (broad SMARTS) is 4. The predicted octanol–water partition coefficient (Wildman–Crippen LogP) is -14.2. The average Bonchev–Trinajstić information content (AvgIpc) is 1.67. The molecule has 0 saturated carbocycles. The molecule has 6 unspecified atom stereocenters. The van der Waals surface area contributed by atoms with Crippen LogP contribution in [0.4, 0.5) is 11.4 Å². The summed E-state index contributed by atoms with van der Waals surface area (Å²) in [6.07, 6.45) is -0.182. The van der Waals surface area contributed by atoms with Gasteiger partial charge in [-0.1, -0.05) is 285 Å². The van der Waals surface area contributed by atoms with Gasteiger partial charge in [0.2, 0.25) is 11.8 Å². The van der Waals surface area contributed by atoms with Crippen LogP contribution in [0.3, 0.4) is 0 Å². The molecule has 8 aromatic carbocycles. The molecule has 2 aliphatic rings. The first-order valence-electron chi connectivity index (χ1n) is 43.0. The molecule has 39 heteroatoms. The van der Waals surface area contributed by atoms with Gasteiger partial charge in [0.05, 0.1) is 60.4 Å². The standard InChI is InChI=1S/2C48H61N6O8.6Na.5H2O/c2*1-6-8-18-43(55)51(46(33(3)4)47(59)60)31-36-21-25-39(26-22-36)41-16-12-13-17-42(41)52-32-49-50-54(52)53(44(56)27-28-45(57)58)40(29-34(5)48(61)62-7-2)30-35-19-23-38(24-20-35)37-14-10-9-11-15-37;;;;;;;;;;;/h2*9-17,19-26,33-34,40,44,46,49-50H,6-8,18,27-32H2,1-5H3,(H,57,58)(H,59,60);;;;;;;5*1H2/q2*-1;6*+1;;;;;/p-4/t2*34?,40?,44?,46-;;;;;;;;;;;/m00.........../s1. The van der Waals surface area contributed by atoms with Gasteiger partial charge in [0.1, 0.15) is 13.3 Å². The van der Waals surface area contributed by atoms with E-state index < -0.39 is 97.1 Å². The molecular formula is C96H128N12Na6O21. The Hall–Kier alpha value is -5.48. The zero-order valence-corrected chi connectivity index (χ0v) is 93.2. The van der Waals surface area contributed by atoms with Crippen LogP contribution in [0.5, 0.6) is 0 Å². The molecule has 10 rings (SSSR count). The number of ether oxygens (including phenoxy) is 2. The Morgan fingerprint density at radius 3 is 0.956 bits per heavy atom. The Morgan fingerprint density at radius 1 is 0.378 bits per heavy atom. The average molecular weight is 1920 g/mol. The van der Waals surface area contributed by atoms with Crippen LogP contribution in [0.25, 0.3) is 44.5 Å². The Balaban J connectivity index is -0.00000239. The van der Waals surface area contributed by atoms with Crippen molar-refractivity contribution in [3.05, 3.63) is 229 Å². The van der Waals surface area contributed by atoms with E-state index in [9.17, 15) is 69.0 Å². The van der Waals surface area contributed by atoms with Crippen LogP contribution in [0, 0.1) is 23.7 Å². The second kappa shape index (κ2) is 68.6. The predicted molar refractivity (Wildman–Crippen MR) is 479 cm³/mol. The monoisotopic (exact) mass is 1920 g/mol. The number of carbonyl (C=O) groups excluding carboxylic acids is 8. The number of hydrazine groups is 8. The Kier molecular flexibility index (Phi) is 67.9. The molecule has 33 nitrogen and oxygen atoms in total. The maximum Gasteiger partial charge on any atom is 1.00 e. The van der Waals surface area contributed by atoms with Gasteiger partial charge in [0, 0.05) is 61.1 Å². The van der Waals surface area contributed by atoms with Crippen LogP contribution >= 0.6 is 0 Å². The van der Waals surface area contributed by atoms with E-state index in [0.717, 1.165) is 79.6 Å². The summed E-state index contributed by atoms with van der Waals surface area (Å²) < 4.78 is 10.8. The minimum Gasteiger partial charge on any atom is -0.839 e. The molecule has 2 aliphatic heterocycles. The molecule has 0 aromatic heterocycles. The number of esters is 2. The molecule has 2 fully saturated rings. The largest absolute Gasteiger partial charge is 1.00 e. The third-order valence-electron chi connectivity index (χ3n) is 22.1. The SMILES string of the molecule is CCCCC(=O)N(Cc1ccc(-c2ccccc2N2CNNN2N(C([O-])CCC(=O)[O-])C(Cc2ccc(-c3ccccc3)cc2)CC(C)C(=O)OCC)cc1)[C@H](C(=O)[O-])C(C)C.CCCCC(=O)N(Cc1ccc(-c2ccccc2N2CNNN2N(C([O-])CCC(=O)[O-])C(Cc2ccc(-c3ccccc3)cc2)CC(C)C(=O)OCC)cc1)[C@H](C(=O)[O-])C(C)C.O.O.O.O.O.[Na+].[Na+].[Na+].[Na+].[Na+].[Na+]. The molecule has 8 aromatic rings. The van der Waals surface area contributed by atoms with Gasteiger partial charge in [0.25, 0.3) is 0 Å². The number of carbonyl (C=O) groups is 8. The van der Waals surface area contributed by atoms with Crippen molar-refractivity contribution in [1.29, 1.82) is 0 Å². The first-order valence-corrected chi connectivity index (χ1v) is 43.0. The first kappa shape index (κ1) is 134. The fourth-order valence-electron chi connectivity index (χ4n) is 15.7. The van der Waals surface area contributed by atoms with Gasteiger partial charge >= 0.3 is 189 Å². The van der Waals surface area contributed by atoms with E-state index in [2.05, 4.69) is 21.9 Å². The third-order valence-corrected chi connectivity index (χ3v) is 22.1. The number of nitrogens with zero attached hydrogens (tertiary/aromatic N) is 8. The molecule has 14 N–H and O–H groups in total. The van der Waals surface area contributed by atoms with Gasteiger partial charge < -0.3 is 96.5 Å². The van der Waals surface area contributed by atoms with Crippen LogP contribution in [-0.2, 0) is 73.8 Å². The van der Waals surface area contributed by atoms with E-state index in [-0.39, 0.29) is 307 Å². The molecule has 2 heterocycles. The molecule has 704 valence electrons. The first-order chi connectivity index (χ1) is 59.6. The minimum atomic E-state index is -1.59. The summed E-state index contributed by atoms with van der Waals surface area (Å²) >= 11 is 0. The third kappa shape index (κ3) is 39.4. The number of para-hydroxylation sites is 2. The summed E-state index contributed by atoms with van der Waals surface area (Å²) in [6.45, 7) is 19.0. The number of nitrogens with one attached hydrogen (secondary N) is 4. The van der Waals surface area contributed by atoms with E-state index >= 15 is 0 Å². The van der Waals surface area contributed by atoms with Crippen LogP contribution in [0.1, 0.15) is 169 Å². The molecule has 2 saturated heterocycles. The van der Waals surface area contributed by atoms with Crippen LogP contribution in [0.2, 0.25) is 0 Å². The van der Waals surface area contributed by atoms with Gasteiger partial charge in [-0.3, -0.25) is 29.2 Å². The van der Waals surface area contributed by atoms with Gasteiger partial charge in [-0.15, -0.1) is 0 Å². The Morgan fingerprint density at radius 2 is 0.667 bits per heavy atom. The maximum absolute atomic E-state index is 14.5. The summed E-state index contributed by atoms with van der Waals surface area (Å²) in [6, 6.07) is 62.9. The molecule has 2 amide bonds. The zero-order chi connectivity index (χ0) is 89.5. The fourth-order valence-corrected chi connectivity index (χ4v) is 15.7. The topological polar surface area (TPSA) is 525 Å². The quantitative estimate of drug-likeness (QED) is 0.0156. The van der Waals surface area contributed by atoms with Crippen LogP contribution in [-0.4, -0.2) is 168 Å². The summed E-state index contributed by atoms with van der Waals surface area (Å²) in [7, 11) is 0. The Bertz CT molecular complexity index is 4480. The van der Waals surface area contributed by atoms with Crippen molar-refractivity contribution in [2.24, 2.45) is 23.7 Å². The second-order valence-electron chi connectivity index (χ2n) is 32.1. The zero-order valence-electron chi connectivity index (χ0n) is 81.2. The van der Waals surface area contributed by atoms with E-state index in [1.807, 2.05) is 230 Å². The van der Waals surface area contributed by atoms with Crippen molar-refractivity contribution in [2.45, 2.75) is 209 Å². The maximum atomic E-state index is 14.5. The van der Waals surface area contributed by atoms with E-state index in [4.69, 9.17) is 9.47 Å². The van der Waals surface area contributed by atoms with Crippen LogP contribution < -0.4 is 240 Å². The molecular weight excluding hydrogens is 1800 g/mol. The van der Waals surface area contributed by atoms with Crippen molar-refractivity contribution in [3.63, 3.8) is 0 Å². The normalized spacial score (nSPS) is 13.8. The molecule has 0 aliphatic carbocycles. The summed E-state index contributed by atoms with van der Waals surface area (Å²) in [5, 5.41) is 86.8. The van der Waals surface area contributed by atoms with Crippen LogP contribution in [0.15, 0.2) is 206 Å². The minimum absolute atomic E-state index is 0. The number of anilines is 2. The number of hydrogen-bond donors (Lipinski definition) is 4. The van der Waals surface area contributed by atoms with Crippen molar-refractivity contribution < 1.29 is 283 Å². The van der Waals surface area contributed by atoms with Crippen molar-refractivity contribution in [2.75, 3.05) is 36.6 Å². The van der Waals surface area contributed by atoms with Gasteiger partial charge in [-0.2, -0.15) is 11.1 Å². The van der Waals surface area contributed by atoms with Crippen molar-refractivity contribution in [1.82, 2.24) is 52.2 Å². The number of carboxylic acids is 4. The summed E-state index contributed by atoms with van der Waals surface area (Å²) in [5.41, 5.74) is 24.6. The van der Waals surface area contributed by atoms with Crippen molar-refractivity contribution >= 4 is 59.0 Å². The number of rotatable bonds is 46. The number of hydrogen-bond acceptors (Lipinski definition) is 26. The summed E-state index contributed by atoms with van der Waals surface area (Å²) in [4.78, 5) is 104. The number of amides is 2. The number of aliphatic carboxylic acids is 4. The van der Waals surface area contributed by atoms with E-state index in [1.165, 1.54) is 9.80 Å². The molecule has 0 spiro atoms. The number of unbranched alkanes of at least 4 members (excludes halogenated alkanes) is 2. The molecule has 8 atom stereocenters. The number of benzene rings is 8. The van der Waals surface area contributed by atoms with Gasteiger partial charge in [-0.05, 0) is 158 Å². The molecule has 0 bridgehead atoms.